The van der Waals surface area contributed by atoms with Gasteiger partial charge in [-0.05, 0) is 37.1 Å². The number of hydrogen-bond acceptors (Lipinski definition) is 6. The van der Waals surface area contributed by atoms with E-state index in [1.54, 1.807) is 30.3 Å². The van der Waals surface area contributed by atoms with Crippen molar-refractivity contribution in [2.45, 2.75) is 30.8 Å². The lowest BCUT2D eigenvalue weighted by molar-refractivity contribution is -0.114. The van der Waals surface area contributed by atoms with Crippen molar-refractivity contribution in [3.8, 4) is 11.5 Å². The predicted octanol–water partition coefficient (Wildman–Crippen LogP) is 3.99. The number of ether oxygens (including phenoxy) is 1. The van der Waals surface area contributed by atoms with Crippen LogP contribution in [0.4, 0.5) is 11.4 Å². The van der Waals surface area contributed by atoms with E-state index in [0.717, 1.165) is 25.1 Å². The molecule has 138 valence electrons. The molecule has 7 nitrogen and oxygen atoms in total. The van der Waals surface area contributed by atoms with Crippen LogP contribution in [0, 0.1) is 0 Å². The SMILES string of the molecule is CC(=O)Nc1cccc(Oc2ccc3c(c2)S(O)(O)NC2CCCN32)c1. The van der Waals surface area contributed by atoms with E-state index in [2.05, 4.69) is 14.9 Å². The van der Waals surface area contributed by atoms with Crippen molar-refractivity contribution in [2.24, 2.45) is 0 Å². The molecule has 4 N–H and O–H groups in total. The number of anilines is 2. The highest BCUT2D eigenvalue weighted by atomic mass is 32.3. The fraction of sp³-hybridized carbons (Fsp3) is 0.278. The first kappa shape index (κ1) is 17.2. The maximum atomic E-state index is 11.2. The van der Waals surface area contributed by atoms with E-state index in [0.29, 0.717) is 22.1 Å². The van der Waals surface area contributed by atoms with Crippen molar-refractivity contribution in [2.75, 3.05) is 16.8 Å². The number of carbonyl (C=O) groups excluding carboxylic acids is 1. The Morgan fingerprint density at radius 2 is 2.08 bits per heavy atom. The van der Waals surface area contributed by atoms with Gasteiger partial charge in [-0.1, -0.05) is 6.07 Å². The molecule has 0 aliphatic carbocycles. The summed E-state index contributed by atoms with van der Waals surface area (Å²) in [6.07, 6.45) is 1.87. The van der Waals surface area contributed by atoms with E-state index < -0.39 is 10.8 Å². The summed E-state index contributed by atoms with van der Waals surface area (Å²) in [6.45, 7) is 2.33. The standard InChI is InChI=1S/C18H21N3O4S/c1-12(22)19-13-4-2-5-14(10-13)25-15-7-8-16-17(11-15)26(23,24)20-18-6-3-9-21(16)18/h2,4-5,7-8,10-11,18,20,23-24H,3,6,9H2,1H3,(H,19,22). The Bertz CT molecular complexity index is 858. The lowest BCUT2D eigenvalue weighted by Gasteiger charge is -2.46. The molecule has 2 aliphatic heterocycles. The molecule has 0 bridgehead atoms. The normalized spacial score (nSPS) is 21.5. The molecular weight excluding hydrogens is 354 g/mol. The molecule has 1 saturated heterocycles. The maximum absolute atomic E-state index is 11.2. The van der Waals surface area contributed by atoms with Gasteiger partial charge >= 0.3 is 0 Å². The van der Waals surface area contributed by atoms with Gasteiger partial charge in [0.1, 0.15) is 16.4 Å². The van der Waals surface area contributed by atoms with Crippen molar-refractivity contribution < 1.29 is 18.6 Å². The predicted molar refractivity (Wildman–Crippen MR) is 102 cm³/mol. The van der Waals surface area contributed by atoms with Crippen LogP contribution < -0.4 is 19.7 Å². The van der Waals surface area contributed by atoms with Crippen molar-refractivity contribution in [3.05, 3.63) is 42.5 Å². The quantitative estimate of drug-likeness (QED) is 0.648. The molecule has 8 heteroatoms. The summed E-state index contributed by atoms with van der Waals surface area (Å²) in [5.41, 5.74) is 1.48. The van der Waals surface area contributed by atoms with E-state index in [1.807, 2.05) is 12.1 Å². The molecular formula is C18H21N3O4S. The second kappa shape index (κ2) is 6.48. The first-order valence-electron chi connectivity index (χ1n) is 8.44. The first-order chi connectivity index (χ1) is 12.4. The highest BCUT2D eigenvalue weighted by Crippen LogP contribution is 2.55. The van der Waals surface area contributed by atoms with Gasteiger partial charge in [0.2, 0.25) is 5.91 Å². The zero-order valence-corrected chi connectivity index (χ0v) is 15.1. The fourth-order valence-electron chi connectivity index (χ4n) is 3.43. The van der Waals surface area contributed by atoms with Gasteiger partial charge in [0.25, 0.3) is 0 Å². The summed E-state index contributed by atoms with van der Waals surface area (Å²) in [5.74, 6) is 0.898. The number of rotatable bonds is 3. The van der Waals surface area contributed by atoms with Crippen LogP contribution in [0.15, 0.2) is 47.4 Å². The maximum Gasteiger partial charge on any atom is 0.221 e. The Balaban J connectivity index is 1.62. The molecule has 0 spiro atoms. The van der Waals surface area contributed by atoms with Crippen molar-refractivity contribution in [1.82, 2.24) is 4.72 Å². The summed E-state index contributed by atoms with van der Waals surface area (Å²) in [4.78, 5) is 13.8. The average Bonchev–Trinajstić information content (AvgIpc) is 3.02. The van der Waals surface area contributed by atoms with Crippen molar-refractivity contribution >= 4 is 28.1 Å². The molecule has 2 aromatic carbocycles. The molecule has 2 aromatic rings. The number of benzene rings is 2. The number of amides is 1. The minimum Gasteiger partial charge on any atom is -0.457 e. The number of carbonyl (C=O) groups is 1. The summed E-state index contributed by atoms with van der Waals surface area (Å²) >= 11 is 0. The van der Waals surface area contributed by atoms with E-state index in [-0.39, 0.29) is 12.1 Å². The zero-order valence-electron chi connectivity index (χ0n) is 14.3. The second-order valence-electron chi connectivity index (χ2n) is 6.46. The van der Waals surface area contributed by atoms with Gasteiger partial charge in [-0.2, -0.15) is 4.72 Å². The Hall–Kier alpha value is -2.26. The summed E-state index contributed by atoms with van der Waals surface area (Å²) in [5, 5.41) is 2.71. The minimum absolute atomic E-state index is 0.0337. The van der Waals surface area contributed by atoms with Crippen LogP contribution in [0.5, 0.6) is 11.5 Å². The molecule has 0 saturated carbocycles. The summed E-state index contributed by atoms with van der Waals surface area (Å²) in [7, 11) is -3.06. The third-order valence-corrected chi connectivity index (χ3v) is 6.03. The lowest BCUT2D eigenvalue weighted by Crippen LogP contribution is -2.46. The zero-order chi connectivity index (χ0) is 18.3. The van der Waals surface area contributed by atoms with E-state index >= 15 is 0 Å². The van der Waals surface area contributed by atoms with Gasteiger partial charge in [-0.25, -0.2) is 0 Å². The largest absolute Gasteiger partial charge is 0.457 e. The number of fused-ring (bicyclic) bond motifs is 3. The Kier molecular flexibility index (Phi) is 4.28. The number of hydrogen-bond donors (Lipinski definition) is 4. The Labute approximate surface area is 153 Å². The van der Waals surface area contributed by atoms with Crippen LogP contribution in [-0.2, 0) is 4.79 Å². The van der Waals surface area contributed by atoms with Crippen LogP contribution >= 0.6 is 10.8 Å². The minimum atomic E-state index is -3.06. The van der Waals surface area contributed by atoms with Crippen LogP contribution in [0.25, 0.3) is 0 Å². The van der Waals surface area contributed by atoms with Gasteiger partial charge in [0, 0.05) is 31.3 Å². The molecule has 2 heterocycles. The van der Waals surface area contributed by atoms with Crippen molar-refractivity contribution in [3.63, 3.8) is 0 Å². The van der Waals surface area contributed by atoms with Crippen LogP contribution in [0.3, 0.4) is 0 Å². The highest BCUT2D eigenvalue weighted by molar-refractivity contribution is 8.22. The topological polar surface area (TPSA) is 94.1 Å². The molecule has 26 heavy (non-hydrogen) atoms. The van der Waals surface area contributed by atoms with Gasteiger partial charge in [-0.15, -0.1) is 10.8 Å². The highest BCUT2D eigenvalue weighted by Gasteiger charge is 2.38. The smallest absolute Gasteiger partial charge is 0.221 e. The molecule has 2 aliphatic rings. The van der Waals surface area contributed by atoms with Gasteiger partial charge in [0.05, 0.1) is 11.9 Å². The molecule has 0 aromatic heterocycles. The Morgan fingerprint density at radius 3 is 2.88 bits per heavy atom. The molecule has 1 fully saturated rings. The first-order valence-corrected chi connectivity index (χ1v) is 9.99. The number of nitrogens with zero attached hydrogens (tertiary/aromatic N) is 1. The van der Waals surface area contributed by atoms with E-state index in [1.165, 1.54) is 6.92 Å². The van der Waals surface area contributed by atoms with Gasteiger partial charge < -0.3 is 15.0 Å². The molecule has 1 amide bonds. The molecule has 0 radical (unpaired) electrons. The van der Waals surface area contributed by atoms with Gasteiger partial charge in [-0.3, -0.25) is 13.9 Å². The van der Waals surface area contributed by atoms with Crippen LogP contribution in [0.1, 0.15) is 19.8 Å². The Morgan fingerprint density at radius 1 is 1.27 bits per heavy atom. The van der Waals surface area contributed by atoms with E-state index in [4.69, 9.17) is 4.74 Å². The number of nitrogens with one attached hydrogen (secondary N) is 2. The summed E-state index contributed by atoms with van der Waals surface area (Å²) < 4.78 is 29.8. The second-order valence-corrected chi connectivity index (χ2v) is 8.23. The third kappa shape index (κ3) is 3.24. The fourth-order valence-corrected chi connectivity index (χ4v) is 4.94. The monoisotopic (exact) mass is 375 g/mol. The van der Waals surface area contributed by atoms with Crippen LogP contribution in [-0.4, -0.2) is 27.7 Å². The average molecular weight is 375 g/mol. The van der Waals surface area contributed by atoms with E-state index in [9.17, 15) is 13.9 Å². The van der Waals surface area contributed by atoms with Gasteiger partial charge in [0.15, 0.2) is 0 Å². The van der Waals surface area contributed by atoms with Crippen LogP contribution in [0.2, 0.25) is 0 Å². The lowest BCUT2D eigenvalue weighted by atomic mass is 10.2. The van der Waals surface area contributed by atoms with Crippen molar-refractivity contribution in [1.29, 1.82) is 0 Å². The summed E-state index contributed by atoms with van der Waals surface area (Å²) in [6, 6.07) is 12.4. The molecule has 4 rings (SSSR count). The molecule has 1 atom stereocenters. The third-order valence-electron chi connectivity index (χ3n) is 4.49. The molecule has 1 unspecified atom stereocenters.